The zero-order chi connectivity index (χ0) is 23.7. The fraction of sp³-hybridized carbons (Fsp3) is 0.500. The molecule has 32 heavy (non-hydrogen) atoms. The highest BCUT2D eigenvalue weighted by Crippen LogP contribution is 2.44. The Balaban J connectivity index is 2.04. The van der Waals surface area contributed by atoms with Crippen LogP contribution < -0.4 is 3.89 Å². The molecular weight excluding hydrogens is 440 g/mol. The minimum Gasteiger partial charge on any atom is -0.476 e. The normalized spacial score (nSPS) is 21.2. The van der Waals surface area contributed by atoms with E-state index in [2.05, 4.69) is 20.8 Å². The minimum atomic E-state index is -2.09. The third-order valence-electron chi connectivity index (χ3n) is 6.73. The first-order chi connectivity index (χ1) is 15.1. The second-order valence-electron chi connectivity index (χ2n) is 9.35. The van der Waals surface area contributed by atoms with Crippen molar-refractivity contribution in [1.29, 1.82) is 0 Å². The Morgan fingerprint density at radius 1 is 1.09 bits per heavy atom. The number of para-hydroxylation sites is 1. The van der Waals surface area contributed by atoms with Crippen LogP contribution in [0.2, 0.25) is 18.1 Å². The molecule has 1 aromatic carbocycles. The van der Waals surface area contributed by atoms with Crippen molar-refractivity contribution in [3.63, 3.8) is 0 Å². The standard InChI is InChI=1S/C24H34N2O4SSi/c1-7-32(8-2,9-3)30-21-20(19-16-13-17-29-19)25(22(21)27)23(28)26(31,24(4,5)6)18-14-11-10-12-15-18/h10-17,20-21H,7-9H2,1-6H3/t20-,21+,26?/m0/s1. The van der Waals surface area contributed by atoms with Crippen LogP contribution in [0.15, 0.2) is 53.1 Å². The number of hydrogen-bond donors (Lipinski definition) is 0. The SMILES string of the molecule is CC[Si](CC)(CC)O[C@H]1C(=O)N(C(=O)[N+]([S-])(c2ccccc2)C(C)(C)C)[C@H]1c1ccco1. The molecule has 1 fully saturated rings. The Hall–Kier alpha value is -1.87. The Kier molecular flexibility index (Phi) is 7.10. The molecule has 8 heteroatoms. The predicted octanol–water partition coefficient (Wildman–Crippen LogP) is 5.94. The van der Waals surface area contributed by atoms with Crippen LogP contribution in [-0.2, 0) is 22.0 Å². The van der Waals surface area contributed by atoms with Gasteiger partial charge in [0, 0.05) is 0 Å². The molecule has 0 aliphatic carbocycles. The average molecular weight is 475 g/mol. The van der Waals surface area contributed by atoms with E-state index >= 15 is 0 Å². The first-order valence-electron chi connectivity index (χ1n) is 11.3. The lowest BCUT2D eigenvalue weighted by atomic mass is 9.95. The van der Waals surface area contributed by atoms with Crippen LogP contribution in [0.5, 0.6) is 0 Å². The lowest BCUT2D eigenvalue weighted by molar-refractivity contribution is -0.160. The van der Waals surface area contributed by atoms with E-state index in [1.165, 1.54) is 4.90 Å². The Labute approximate surface area is 197 Å². The summed E-state index contributed by atoms with van der Waals surface area (Å²) in [6.45, 7) is 12.1. The largest absolute Gasteiger partial charge is 0.476 e. The van der Waals surface area contributed by atoms with E-state index in [-0.39, 0.29) is 5.91 Å². The summed E-state index contributed by atoms with van der Waals surface area (Å²) in [7, 11) is -2.09. The molecule has 1 aliphatic rings. The number of carbonyl (C=O) groups is 2. The number of likely N-dealkylation sites (tertiary alicyclic amines) is 1. The zero-order valence-corrected chi connectivity index (χ0v) is 21.6. The molecule has 0 spiro atoms. The summed E-state index contributed by atoms with van der Waals surface area (Å²) < 4.78 is 11.8. The Bertz CT molecular complexity index is 932. The van der Waals surface area contributed by atoms with Gasteiger partial charge in [0.15, 0.2) is 14.4 Å². The molecular formula is C24H34N2O4SSi. The number of rotatable bonds is 7. The molecule has 0 N–H and O–H groups in total. The van der Waals surface area contributed by atoms with Crippen molar-refractivity contribution in [2.24, 2.45) is 0 Å². The summed E-state index contributed by atoms with van der Waals surface area (Å²) >= 11 is 5.99. The second-order valence-corrected chi connectivity index (χ2v) is 14.6. The molecule has 3 amide bonds. The molecule has 2 heterocycles. The summed E-state index contributed by atoms with van der Waals surface area (Å²) in [5, 5.41) is 0. The second kappa shape index (κ2) is 9.17. The summed E-state index contributed by atoms with van der Waals surface area (Å²) in [6, 6.07) is 14.5. The fourth-order valence-corrected chi connectivity index (χ4v) is 7.35. The fourth-order valence-electron chi connectivity index (χ4n) is 4.37. The zero-order valence-electron chi connectivity index (χ0n) is 19.8. The van der Waals surface area contributed by atoms with Crippen LogP contribution >= 0.6 is 0 Å². The molecule has 3 rings (SSSR count). The van der Waals surface area contributed by atoms with Crippen molar-refractivity contribution in [2.45, 2.75) is 77.4 Å². The van der Waals surface area contributed by atoms with Crippen molar-refractivity contribution >= 4 is 38.8 Å². The van der Waals surface area contributed by atoms with E-state index in [1.54, 1.807) is 18.4 Å². The first kappa shape index (κ1) is 24.8. The van der Waals surface area contributed by atoms with Gasteiger partial charge in [-0.05, 0) is 63.2 Å². The number of imide groups is 1. The molecule has 1 saturated heterocycles. The summed E-state index contributed by atoms with van der Waals surface area (Å²) in [5.74, 6) is 0.203. The number of amides is 3. The van der Waals surface area contributed by atoms with Crippen LogP contribution in [0, 0.1) is 0 Å². The van der Waals surface area contributed by atoms with Crippen LogP contribution in [0.3, 0.4) is 0 Å². The third kappa shape index (κ3) is 3.98. The summed E-state index contributed by atoms with van der Waals surface area (Å²) in [4.78, 5) is 28.7. The maximum absolute atomic E-state index is 14.0. The molecule has 1 unspecified atom stereocenters. The Morgan fingerprint density at radius 2 is 1.69 bits per heavy atom. The number of benzene rings is 1. The number of carbonyl (C=O) groups excluding carboxylic acids is 2. The number of furan rings is 1. The molecule has 1 aromatic heterocycles. The van der Waals surface area contributed by atoms with Crippen molar-refractivity contribution in [1.82, 2.24) is 8.79 Å². The maximum atomic E-state index is 14.0. The highest BCUT2D eigenvalue weighted by molar-refractivity contribution is 7.59. The summed E-state index contributed by atoms with van der Waals surface area (Å²) in [5.41, 5.74) is -0.0163. The van der Waals surface area contributed by atoms with E-state index in [4.69, 9.17) is 21.7 Å². The highest BCUT2D eigenvalue weighted by Gasteiger charge is 2.60. The van der Waals surface area contributed by atoms with Gasteiger partial charge in [0.1, 0.15) is 17.5 Å². The van der Waals surface area contributed by atoms with E-state index < -0.39 is 35.9 Å². The topological polar surface area (TPSA) is 59.8 Å². The van der Waals surface area contributed by atoms with Crippen molar-refractivity contribution in [3.8, 4) is 0 Å². The molecule has 6 nitrogen and oxygen atoms in total. The minimum absolute atomic E-state index is 0.337. The lowest BCUT2D eigenvalue weighted by Gasteiger charge is -2.56. The molecule has 1 aliphatic heterocycles. The van der Waals surface area contributed by atoms with Gasteiger partial charge in [-0.2, -0.15) is 0 Å². The van der Waals surface area contributed by atoms with Gasteiger partial charge in [0.25, 0.3) is 5.91 Å². The number of hydrogen-bond acceptors (Lipinski definition) is 5. The van der Waals surface area contributed by atoms with E-state index in [0.717, 1.165) is 18.1 Å². The summed E-state index contributed by atoms with van der Waals surface area (Å²) in [6.07, 6.45) is 0.828. The molecule has 2 aromatic rings. The van der Waals surface area contributed by atoms with Crippen LogP contribution in [0.25, 0.3) is 0 Å². The number of nitrogens with zero attached hydrogens (tertiary/aromatic N) is 2. The quantitative estimate of drug-likeness (QED) is 0.215. The van der Waals surface area contributed by atoms with Gasteiger partial charge in [-0.25, -0.2) is 9.69 Å². The van der Waals surface area contributed by atoms with Gasteiger partial charge in [0.05, 0.1) is 11.8 Å². The molecule has 3 atom stereocenters. The molecule has 0 saturated carbocycles. The van der Waals surface area contributed by atoms with Gasteiger partial charge < -0.3 is 25.5 Å². The van der Waals surface area contributed by atoms with Crippen molar-refractivity contribution in [3.05, 3.63) is 54.5 Å². The van der Waals surface area contributed by atoms with Crippen molar-refractivity contribution in [2.75, 3.05) is 0 Å². The molecule has 0 radical (unpaired) electrons. The van der Waals surface area contributed by atoms with Crippen LogP contribution in [0.4, 0.5) is 10.5 Å². The van der Waals surface area contributed by atoms with E-state index in [1.807, 2.05) is 51.1 Å². The predicted molar refractivity (Wildman–Crippen MR) is 131 cm³/mol. The van der Waals surface area contributed by atoms with Crippen LogP contribution in [-0.4, -0.2) is 36.8 Å². The van der Waals surface area contributed by atoms with Gasteiger partial charge in [-0.3, -0.25) is 4.79 Å². The van der Waals surface area contributed by atoms with E-state index in [0.29, 0.717) is 11.4 Å². The maximum Gasteiger partial charge on any atom is 0.414 e. The lowest BCUT2D eigenvalue weighted by Crippen LogP contribution is -2.73. The first-order valence-corrected chi connectivity index (χ1v) is 14.2. The number of urea groups is 1. The highest BCUT2D eigenvalue weighted by atomic mass is 32.1. The third-order valence-corrected chi connectivity index (χ3v) is 12.3. The van der Waals surface area contributed by atoms with Gasteiger partial charge in [0.2, 0.25) is 0 Å². The molecule has 174 valence electrons. The van der Waals surface area contributed by atoms with E-state index in [9.17, 15) is 9.59 Å². The van der Waals surface area contributed by atoms with Gasteiger partial charge in [-0.15, -0.1) is 0 Å². The smallest absolute Gasteiger partial charge is 0.414 e. The number of quaternary nitrogens is 1. The average Bonchev–Trinajstić information content (AvgIpc) is 3.31. The molecule has 0 bridgehead atoms. The van der Waals surface area contributed by atoms with Gasteiger partial charge >= 0.3 is 6.03 Å². The Morgan fingerprint density at radius 3 is 2.16 bits per heavy atom. The van der Waals surface area contributed by atoms with Gasteiger partial charge in [-0.1, -0.05) is 39.0 Å². The van der Waals surface area contributed by atoms with Crippen LogP contribution in [0.1, 0.15) is 53.3 Å². The van der Waals surface area contributed by atoms with Crippen molar-refractivity contribution < 1.29 is 18.4 Å². The number of β-lactam (4-membered cyclic amide) rings is 1. The monoisotopic (exact) mass is 474 g/mol.